The molecule has 0 spiro atoms. The SMILES string of the molecule is CN(C)CC/C=C1\c2ccccc2CSc2cc(Cl)ccc21. The van der Waals surface area contributed by atoms with Crippen LogP contribution in [0.4, 0.5) is 0 Å². The molecule has 0 saturated heterocycles. The van der Waals surface area contributed by atoms with Gasteiger partial charge in [-0.15, -0.1) is 11.8 Å². The standard InChI is InChI=1S/C19H20ClNS/c1-21(2)11-5-8-17-16-7-4-3-6-14(16)13-22-19-12-15(20)9-10-18(17)19/h3-4,6-10,12H,5,11,13H2,1-2H3/b17-8+. The molecule has 0 fully saturated rings. The predicted octanol–water partition coefficient (Wildman–Crippen LogP) is 5.33. The van der Waals surface area contributed by atoms with Gasteiger partial charge >= 0.3 is 0 Å². The van der Waals surface area contributed by atoms with Crippen LogP contribution in [-0.2, 0) is 5.75 Å². The maximum atomic E-state index is 6.20. The van der Waals surface area contributed by atoms with Crippen molar-refractivity contribution >= 4 is 28.9 Å². The molecule has 1 nitrogen and oxygen atoms in total. The second-order valence-corrected chi connectivity index (χ2v) is 7.25. The highest BCUT2D eigenvalue weighted by Gasteiger charge is 2.18. The van der Waals surface area contributed by atoms with Crippen LogP contribution >= 0.6 is 23.4 Å². The van der Waals surface area contributed by atoms with Crippen LogP contribution in [-0.4, -0.2) is 25.5 Å². The number of halogens is 1. The van der Waals surface area contributed by atoms with E-state index in [0.29, 0.717) is 0 Å². The van der Waals surface area contributed by atoms with Crippen molar-refractivity contribution in [3.8, 4) is 0 Å². The van der Waals surface area contributed by atoms with Gasteiger partial charge in [0.15, 0.2) is 0 Å². The largest absolute Gasteiger partial charge is 0.309 e. The van der Waals surface area contributed by atoms with Gasteiger partial charge in [0.05, 0.1) is 0 Å². The number of hydrogen-bond donors (Lipinski definition) is 0. The van der Waals surface area contributed by atoms with Crippen LogP contribution in [0.5, 0.6) is 0 Å². The summed E-state index contributed by atoms with van der Waals surface area (Å²) in [5, 5.41) is 0.810. The van der Waals surface area contributed by atoms with Crippen molar-refractivity contribution in [1.82, 2.24) is 4.90 Å². The second-order valence-electron chi connectivity index (χ2n) is 5.80. The lowest BCUT2D eigenvalue weighted by molar-refractivity contribution is 0.417. The van der Waals surface area contributed by atoms with Crippen molar-refractivity contribution in [3.63, 3.8) is 0 Å². The Labute approximate surface area is 142 Å². The summed E-state index contributed by atoms with van der Waals surface area (Å²) >= 11 is 8.07. The van der Waals surface area contributed by atoms with Crippen LogP contribution in [0.15, 0.2) is 53.4 Å². The maximum Gasteiger partial charge on any atom is 0.0417 e. The number of nitrogens with zero attached hydrogens (tertiary/aromatic N) is 1. The molecule has 1 aliphatic rings. The third-order valence-electron chi connectivity index (χ3n) is 3.85. The lowest BCUT2D eigenvalue weighted by Crippen LogP contribution is -2.12. The van der Waals surface area contributed by atoms with E-state index in [4.69, 9.17) is 11.6 Å². The number of hydrogen-bond acceptors (Lipinski definition) is 2. The summed E-state index contributed by atoms with van der Waals surface area (Å²) in [5.74, 6) is 0.995. The third-order valence-corrected chi connectivity index (χ3v) is 5.19. The minimum Gasteiger partial charge on any atom is -0.309 e. The Hall–Kier alpha value is -1.22. The van der Waals surface area contributed by atoms with Gasteiger partial charge in [-0.05, 0) is 54.9 Å². The van der Waals surface area contributed by atoms with E-state index in [2.05, 4.69) is 61.5 Å². The Bertz CT molecular complexity index is 706. The number of fused-ring (bicyclic) bond motifs is 2. The summed E-state index contributed by atoms with van der Waals surface area (Å²) in [7, 11) is 4.23. The van der Waals surface area contributed by atoms with E-state index in [1.807, 2.05) is 17.8 Å². The van der Waals surface area contributed by atoms with Crippen molar-refractivity contribution < 1.29 is 0 Å². The summed E-state index contributed by atoms with van der Waals surface area (Å²) in [5.41, 5.74) is 5.40. The van der Waals surface area contributed by atoms with Crippen LogP contribution in [0, 0.1) is 0 Å². The molecule has 2 aromatic rings. The molecule has 0 unspecified atom stereocenters. The molecule has 0 saturated carbocycles. The molecule has 22 heavy (non-hydrogen) atoms. The van der Waals surface area contributed by atoms with E-state index in [-0.39, 0.29) is 0 Å². The predicted molar refractivity (Wildman–Crippen MR) is 97.7 cm³/mol. The van der Waals surface area contributed by atoms with Crippen LogP contribution < -0.4 is 0 Å². The van der Waals surface area contributed by atoms with E-state index in [1.165, 1.54) is 27.2 Å². The Balaban J connectivity index is 2.08. The van der Waals surface area contributed by atoms with Crippen molar-refractivity contribution in [2.45, 2.75) is 17.1 Å². The fraction of sp³-hybridized carbons (Fsp3) is 0.263. The molecule has 0 bridgehead atoms. The van der Waals surface area contributed by atoms with Gasteiger partial charge in [0.2, 0.25) is 0 Å². The molecule has 0 aromatic heterocycles. The van der Waals surface area contributed by atoms with Crippen molar-refractivity contribution in [3.05, 3.63) is 70.3 Å². The minimum absolute atomic E-state index is 0.810. The number of benzene rings is 2. The minimum atomic E-state index is 0.810. The molecule has 1 heterocycles. The first-order valence-corrected chi connectivity index (χ1v) is 8.87. The van der Waals surface area contributed by atoms with Crippen LogP contribution in [0.2, 0.25) is 5.02 Å². The molecule has 0 radical (unpaired) electrons. The molecular formula is C19H20ClNS. The quantitative estimate of drug-likeness (QED) is 0.748. The van der Waals surface area contributed by atoms with E-state index >= 15 is 0 Å². The molecule has 3 rings (SSSR count). The summed E-state index contributed by atoms with van der Waals surface area (Å²) in [6, 6.07) is 15.0. The maximum absolute atomic E-state index is 6.20. The van der Waals surface area contributed by atoms with E-state index in [9.17, 15) is 0 Å². The average molecular weight is 330 g/mol. The number of rotatable bonds is 3. The summed E-state index contributed by atoms with van der Waals surface area (Å²) < 4.78 is 0. The zero-order chi connectivity index (χ0) is 15.5. The third kappa shape index (κ3) is 3.40. The highest BCUT2D eigenvalue weighted by Crippen LogP contribution is 2.41. The summed E-state index contributed by atoms with van der Waals surface area (Å²) in [4.78, 5) is 3.50. The highest BCUT2D eigenvalue weighted by molar-refractivity contribution is 7.98. The fourth-order valence-electron chi connectivity index (χ4n) is 2.73. The fourth-order valence-corrected chi connectivity index (χ4v) is 4.08. The zero-order valence-corrected chi connectivity index (χ0v) is 14.5. The Morgan fingerprint density at radius 2 is 1.95 bits per heavy atom. The van der Waals surface area contributed by atoms with Gasteiger partial charge < -0.3 is 4.90 Å². The molecule has 1 aliphatic heterocycles. The summed E-state index contributed by atoms with van der Waals surface area (Å²) in [6.45, 7) is 1.06. The second kappa shape index (κ2) is 6.91. The van der Waals surface area contributed by atoms with Gasteiger partial charge in [-0.1, -0.05) is 48.0 Å². The molecule has 114 valence electrons. The van der Waals surface area contributed by atoms with Gasteiger partial charge in [0.25, 0.3) is 0 Å². The van der Waals surface area contributed by atoms with Crippen molar-refractivity contribution in [2.24, 2.45) is 0 Å². The lowest BCUT2D eigenvalue weighted by atomic mass is 9.93. The van der Waals surface area contributed by atoms with Crippen molar-refractivity contribution in [1.29, 1.82) is 0 Å². The molecule has 0 N–H and O–H groups in total. The van der Waals surface area contributed by atoms with Crippen LogP contribution in [0.25, 0.3) is 5.57 Å². The van der Waals surface area contributed by atoms with E-state index in [1.54, 1.807) is 0 Å². The first kappa shape index (κ1) is 15.7. The Kier molecular flexibility index (Phi) is 4.92. The van der Waals surface area contributed by atoms with Gasteiger partial charge in [-0.3, -0.25) is 0 Å². The first-order valence-electron chi connectivity index (χ1n) is 7.51. The molecule has 0 aliphatic carbocycles. The Morgan fingerprint density at radius 3 is 2.77 bits per heavy atom. The number of thioether (sulfide) groups is 1. The first-order chi connectivity index (χ1) is 10.6. The molecule has 0 amide bonds. The Morgan fingerprint density at radius 1 is 1.14 bits per heavy atom. The van der Waals surface area contributed by atoms with Gasteiger partial charge in [0, 0.05) is 22.2 Å². The average Bonchev–Trinajstić information content (AvgIpc) is 2.64. The topological polar surface area (TPSA) is 3.24 Å². The monoisotopic (exact) mass is 329 g/mol. The summed E-state index contributed by atoms with van der Waals surface area (Å²) in [6.07, 6.45) is 3.42. The smallest absolute Gasteiger partial charge is 0.0417 e. The van der Waals surface area contributed by atoms with Crippen LogP contribution in [0.3, 0.4) is 0 Å². The molecule has 2 aromatic carbocycles. The van der Waals surface area contributed by atoms with Gasteiger partial charge in [0.1, 0.15) is 0 Å². The van der Waals surface area contributed by atoms with Gasteiger partial charge in [-0.25, -0.2) is 0 Å². The molecule has 0 atom stereocenters. The van der Waals surface area contributed by atoms with E-state index < -0.39 is 0 Å². The van der Waals surface area contributed by atoms with Crippen molar-refractivity contribution in [2.75, 3.05) is 20.6 Å². The highest BCUT2D eigenvalue weighted by atomic mass is 35.5. The van der Waals surface area contributed by atoms with Crippen LogP contribution in [0.1, 0.15) is 23.1 Å². The normalized spacial score (nSPS) is 15.5. The van der Waals surface area contributed by atoms with E-state index in [0.717, 1.165) is 23.7 Å². The molecule has 3 heteroatoms. The lowest BCUT2D eigenvalue weighted by Gasteiger charge is -2.13. The van der Waals surface area contributed by atoms with Gasteiger partial charge in [-0.2, -0.15) is 0 Å². The molecular weight excluding hydrogens is 310 g/mol. The zero-order valence-electron chi connectivity index (χ0n) is 13.0.